The van der Waals surface area contributed by atoms with E-state index in [4.69, 9.17) is 9.47 Å². The van der Waals surface area contributed by atoms with Gasteiger partial charge in [0.2, 0.25) is 5.91 Å². The lowest BCUT2D eigenvalue weighted by molar-refractivity contribution is -0.120. The number of methoxy groups -OCH3 is 1. The summed E-state index contributed by atoms with van der Waals surface area (Å²) < 4.78 is 39.1. The number of benzene rings is 2. The molecule has 2 aromatic rings. The summed E-state index contributed by atoms with van der Waals surface area (Å²) in [4.78, 5) is 12.7. The highest BCUT2D eigenvalue weighted by Gasteiger charge is 2.30. The Kier molecular flexibility index (Phi) is 6.99. The first kappa shape index (κ1) is 22.1. The van der Waals surface area contributed by atoms with Gasteiger partial charge in [-0.1, -0.05) is 23.8 Å². The molecule has 7 nitrogen and oxygen atoms in total. The van der Waals surface area contributed by atoms with Crippen molar-refractivity contribution in [1.29, 1.82) is 0 Å². The van der Waals surface area contributed by atoms with Crippen LogP contribution in [0.15, 0.2) is 47.4 Å². The summed E-state index contributed by atoms with van der Waals surface area (Å²) in [6.45, 7) is 4.45. The molecule has 1 saturated heterocycles. The van der Waals surface area contributed by atoms with Crippen molar-refractivity contribution in [1.82, 2.24) is 5.32 Å². The Hall–Kier alpha value is -2.58. The minimum Gasteiger partial charge on any atom is -0.495 e. The van der Waals surface area contributed by atoms with E-state index in [-0.39, 0.29) is 29.2 Å². The summed E-state index contributed by atoms with van der Waals surface area (Å²) in [6, 6.07) is 12.0. The lowest BCUT2D eigenvalue weighted by Crippen LogP contribution is -2.43. The maximum Gasteiger partial charge on any atom is 0.268 e. The van der Waals surface area contributed by atoms with Crippen molar-refractivity contribution in [3.05, 3.63) is 53.6 Å². The number of carbonyl (C=O) groups excluding carboxylic acids is 1. The van der Waals surface area contributed by atoms with Gasteiger partial charge in [0, 0.05) is 13.2 Å². The van der Waals surface area contributed by atoms with Crippen LogP contribution in [0.1, 0.15) is 24.0 Å². The van der Waals surface area contributed by atoms with Gasteiger partial charge in [0.15, 0.2) is 0 Å². The third-order valence-corrected chi connectivity index (χ3v) is 6.84. The van der Waals surface area contributed by atoms with Crippen LogP contribution in [0.3, 0.4) is 0 Å². The normalized spacial score (nSPS) is 16.3. The highest BCUT2D eigenvalue weighted by molar-refractivity contribution is 7.93. The number of aryl methyl sites for hydroxylation is 2. The summed E-state index contributed by atoms with van der Waals surface area (Å²) in [7, 11) is -2.62. The minimum atomic E-state index is -4.05. The molecular weight excluding hydrogens is 404 g/mol. The standard InChI is InChI=1S/C22H28N2O5S/c1-16-6-9-18(10-7-16)24(15-22(25)23-14-19-5-4-12-29-19)30(26,27)21-13-17(2)8-11-20(21)28-3/h6-11,13,19H,4-5,12,14-15H2,1-3H3,(H,23,25)/t19-/m0/s1. The number of ether oxygens (including phenoxy) is 2. The van der Waals surface area contributed by atoms with E-state index in [1.165, 1.54) is 7.11 Å². The lowest BCUT2D eigenvalue weighted by atomic mass is 10.2. The predicted molar refractivity (Wildman–Crippen MR) is 115 cm³/mol. The van der Waals surface area contributed by atoms with E-state index in [0.717, 1.165) is 28.3 Å². The smallest absolute Gasteiger partial charge is 0.268 e. The zero-order valence-electron chi connectivity index (χ0n) is 17.6. The average Bonchev–Trinajstić information content (AvgIpc) is 3.25. The Bertz CT molecular complexity index is 983. The fourth-order valence-electron chi connectivity index (χ4n) is 3.35. The van der Waals surface area contributed by atoms with Crippen LogP contribution >= 0.6 is 0 Å². The van der Waals surface area contributed by atoms with E-state index in [1.54, 1.807) is 30.3 Å². The highest BCUT2D eigenvalue weighted by Crippen LogP contribution is 2.31. The van der Waals surface area contributed by atoms with Crippen LogP contribution in [0.4, 0.5) is 5.69 Å². The van der Waals surface area contributed by atoms with Gasteiger partial charge in [-0.05, 0) is 56.5 Å². The molecule has 0 saturated carbocycles. The van der Waals surface area contributed by atoms with Crippen molar-refractivity contribution < 1.29 is 22.7 Å². The largest absolute Gasteiger partial charge is 0.495 e. The molecule has 0 aliphatic carbocycles. The van der Waals surface area contributed by atoms with E-state index in [0.29, 0.717) is 18.8 Å². The fourth-order valence-corrected chi connectivity index (χ4v) is 5.01. The molecule has 0 radical (unpaired) electrons. The number of nitrogens with one attached hydrogen (secondary N) is 1. The SMILES string of the molecule is COc1ccc(C)cc1S(=O)(=O)N(CC(=O)NC[C@@H]1CCCO1)c1ccc(C)cc1. The number of carbonyl (C=O) groups is 1. The van der Waals surface area contributed by atoms with Crippen molar-refractivity contribution in [2.75, 3.05) is 31.1 Å². The molecule has 30 heavy (non-hydrogen) atoms. The monoisotopic (exact) mass is 432 g/mol. The van der Waals surface area contributed by atoms with Gasteiger partial charge in [-0.3, -0.25) is 9.10 Å². The van der Waals surface area contributed by atoms with Gasteiger partial charge in [0.1, 0.15) is 17.2 Å². The van der Waals surface area contributed by atoms with Crippen LogP contribution in [0, 0.1) is 13.8 Å². The topological polar surface area (TPSA) is 84.9 Å². The Morgan fingerprint density at radius 3 is 2.50 bits per heavy atom. The Morgan fingerprint density at radius 2 is 1.87 bits per heavy atom. The Morgan fingerprint density at radius 1 is 1.17 bits per heavy atom. The Balaban J connectivity index is 1.91. The predicted octanol–water partition coefficient (Wildman–Crippen LogP) is 2.80. The lowest BCUT2D eigenvalue weighted by Gasteiger charge is -2.25. The van der Waals surface area contributed by atoms with Crippen LogP contribution in [-0.4, -0.2) is 47.2 Å². The molecule has 8 heteroatoms. The number of hydrogen-bond acceptors (Lipinski definition) is 5. The molecule has 0 spiro atoms. The molecule has 162 valence electrons. The summed E-state index contributed by atoms with van der Waals surface area (Å²) >= 11 is 0. The van der Waals surface area contributed by atoms with Gasteiger partial charge in [-0.25, -0.2) is 8.42 Å². The van der Waals surface area contributed by atoms with E-state index >= 15 is 0 Å². The molecule has 2 aromatic carbocycles. The van der Waals surface area contributed by atoms with Crippen LogP contribution in [0.25, 0.3) is 0 Å². The van der Waals surface area contributed by atoms with Crippen LogP contribution in [0.2, 0.25) is 0 Å². The van der Waals surface area contributed by atoms with Crippen molar-refractivity contribution in [2.45, 2.75) is 37.7 Å². The fraction of sp³-hybridized carbons (Fsp3) is 0.409. The third kappa shape index (κ3) is 5.12. The van der Waals surface area contributed by atoms with Crippen LogP contribution < -0.4 is 14.4 Å². The first-order chi connectivity index (χ1) is 14.3. The highest BCUT2D eigenvalue weighted by atomic mass is 32.2. The molecule has 1 fully saturated rings. The third-order valence-electron chi connectivity index (χ3n) is 5.05. The molecule has 1 aliphatic heterocycles. The molecule has 1 aliphatic rings. The molecule has 1 heterocycles. The summed E-state index contributed by atoms with van der Waals surface area (Å²) in [6.07, 6.45) is 1.84. The van der Waals surface area contributed by atoms with E-state index in [9.17, 15) is 13.2 Å². The molecule has 1 amide bonds. The molecule has 1 atom stereocenters. The molecule has 0 unspecified atom stereocenters. The van der Waals surface area contributed by atoms with Gasteiger partial charge >= 0.3 is 0 Å². The molecule has 3 rings (SSSR count). The summed E-state index contributed by atoms with van der Waals surface area (Å²) in [5.74, 6) is -0.154. The van der Waals surface area contributed by atoms with Crippen LogP contribution in [-0.2, 0) is 19.6 Å². The minimum absolute atomic E-state index is 0.0183. The molecule has 1 N–H and O–H groups in total. The zero-order chi connectivity index (χ0) is 21.7. The van der Waals surface area contributed by atoms with Crippen molar-refractivity contribution in [2.24, 2.45) is 0 Å². The average molecular weight is 433 g/mol. The molecule has 0 aromatic heterocycles. The number of amides is 1. The molecular formula is C22H28N2O5S. The number of anilines is 1. The summed E-state index contributed by atoms with van der Waals surface area (Å²) in [5.41, 5.74) is 2.18. The van der Waals surface area contributed by atoms with Crippen molar-refractivity contribution in [3.8, 4) is 5.75 Å². The molecule has 0 bridgehead atoms. The number of nitrogens with zero attached hydrogens (tertiary/aromatic N) is 1. The second-order valence-electron chi connectivity index (χ2n) is 7.44. The maximum absolute atomic E-state index is 13.6. The van der Waals surface area contributed by atoms with Gasteiger partial charge < -0.3 is 14.8 Å². The number of rotatable bonds is 8. The van der Waals surface area contributed by atoms with Gasteiger partial charge in [0.05, 0.1) is 18.9 Å². The van der Waals surface area contributed by atoms with E-state index in [1.807, 2.05) is 26.0 Å². The van der Waals surface area contributed by atoms with Gasteiger partial charge in [0.25, 0.3) is 10.0 Å². The van der Waals surface area contributed by atoms with E-state index < -0.39 is 10.0 Å². The number of hydrogen-bond donors (Lipinski definition) is 1. The second-order valence-corrected chi connectivity index (χ2v) is 9.27. The Labute approximate surface area is 178 Å². The summed E-state index contributed by atoms with van der Waals surface area (Å²) in [5, 5.41) is 2.80. The first-order valence-corrected chi connectivity index (χ1v) is 11.4. The second kappa shape index (κ2) is 9.49. The number of sulfonamides is 1. The first-order valence-electron chi connectivity index (χ1n) is 9.93. The quantitative estimate of drug-likeness (QED) is 0.693. The van der Waals surface area contributed by atoms with E-state index in [2.05, 4.69) is 5.32 Å². The van der Waals surface area contributed by atoms with Crippen LogP contribution in [0.5, 0.6) is 5.75 Å². The van der Waals surface area contributed by atoms with Crippen molar-refractivity contribution in [3.63, 3.8) is 0 Å². The van der Waals surface area contributed by atoms with Crippen molar-refractivity contribution >= 4 is 21.6 Å². The van der Waals surface area contributed by atoms with Gasteiger partial charge in [-0.2, -0.15) is 0 Å². The zero-order valence-corrected chi connectivity index (χ0v) is 18.4. The van der Waals surface area contributed by atoms with Gasteiger partial charge in [-0.15, -0.1) is 0 Å². The maximum atomic E-state index is 13.6.